The molecule has 2 aliphatic rings. The number of ether oxygens (including phenoxy) is 4. The van der Waals surface area contributed by atoms with E-state index in [0.717, 1.165) is 0 Å². The first-order valence-electron chi connectivity index (χ1n) is 14.8. The van der Waals surface area contributed by atoms with Gasteiger partial charge in [0.15, 0.2) is 59.7 Å². The lowest BCUT2D eigenvalue weighted by Crippen LogP contribution is -2.34. The van der Waals surface area contributed by atoms with E-state index in [1.165, 1.54) is 53.3 Å². The van der Waals surface area contributed by atoms with Gasteiger partial charge in [-0.3, -0.25) is 9.13 Å². The Labute approximate surface area is 288 Å². The van der Waals surface area contributed by atoms with Gasteiger partial charge < -0.3 is 33.1 Å². The van der Waals surface area contributed by atoms with Gasteiger partial charge in [-0.25, -0.2) is 28.7 Å². The number of nitrogens with zero attached hydrogens (tertiary/aromatic N) is 8. The Morgan fingerprint density at radius 3 is 1.94 bits per heavy atom. The third-order valence-corrected chi connectivity index (χ3v) is 9.83. The molecule has 0 aliphatic carbocycles. The van der Waals surface area contributed by atoms with Crippen LogP contribution in [-0.4, -0.2) is 119 Å². The van der Waals surface area contributed by atoms with Crippen LogP contribution in [0, 0.1) is 0 Å². The Morgan fingerprint density at radius 1 is 0.920 bits per heavy atom. The summed E-state index contributed by atoms with van der Waals surface area (Å²) >= 11 is 5.57. The zero-order valence-corrected chi connectivity index (χ0v) is 28.7. The summed E-state index contributed by atoms with van der Waals surface area (Å²) in [5.74, 6) is 0.280. The molecule has 2 N–H and O–H groups in total. The van der Waals surface area contributed by atoms with Crippen LogP contribution in [0.15, 0.2) is 50.6 Å². The van der Waals surface area contributed by atoms with Crippen LogP contribution in [0.2, 0.25) is 0 Å². The molecule has 0 radical (unpaired) electrons. The maximum Gasteiger partial charge on any atom is 0.695 e. The summed E-state index contributed by atoms with van der Waals surface area (Å²) in [6, 6.07) is 0. The SMILES string of the molecule is C=CCOc1ncnc2c1ncn2[C@@H]1O[C@H](COP(C)(=S)O[C@H]2[C@@H](F)[C@H](n3cnc4c(OCC=C)ncnc43)O[C@@H]2CO)[C@@H](O[P+](=O)O)[C@H]1F. The van der Waals surface area contributed by atoms with E-state index in [1.807, 2.05) is 0 Å². The van der Waals surface area contributed by atoms with Crippen LogP contribution < -0.4 is 9.47 Å². The monoisotopic (exact) mass is 759 g/mol. The molecule has 2 aliphatic heterocycles. The third kappa shape index (κ3) is 7.29. The second-order valence-electron chi connectivity index (χ2n) is 10.9. The fourth-order valence-corrected chi connectivity index (χ4v) is 7.57. The van der Waals surface area contributed by atoms with Gasteiger partial charge in [-0.2, -0.15) is 9.97 Å². The van der Waals surface area contributed by atoms with E-state index in [9.17, 15) is 14.6 Å². The fourth-order valence-electron chi connectivity index (χ4n) is 5.45. The van der Waals surface area contributed by atoms with Crippen molar-refractivity contribution in [3.63, 3.8) is 0 Å². The summed E-state index contributed by atoms with van der Waals surface area (Å²) in [5.41, 5.74) is 0.818. The molecule has 50 heavy (non-hydrogen) atoms. The number of fused-ring (bicyclic) bond motifs is 2. The molecule has 0 aromatic carbocycles. The Bertz CT molecular complexity index is 1920. The molecule has 2 saturated heterocycles. The molecule has 0 saturated carbocycles. The molecule has 2 unspecified atom stereocenters. The van der Waals surface area contributed by atoms with E-state index < -0.39 is 77.2 Å². The molecule has 2 fully saturated rings. The molecule has 6 heterocycles. The second kappa shape index (κ2) is 15.4. The largest absolute Gasteiger partial charge is 0.695 e. The van der Waals surface area contributed by atoms with Crippen LogP contribution >= 0.6 is 14.7 Å². The Morgan fingerprint density at radius 2 is 1.44 bits per heavy atom. The summed E-state index contributed by atoms with van der Waals surface area (Å²) in [5, 5.41) is 10.1. The second-order valence-corrected chi connectivity index (χ2v) is 15.5. The van der Waals surface area contributed by atoms with Crippen LogP contribution in [0.1, 0.15) is 12.5 Å². The number of hydrogen-bond acceptors (Lipinski definition) is 16. The van der Waals surface area contributed by atoms with E-state index >= 15 is 8.78 Å². The Balaban J connectivity index is 1.17. The van der Waals surface area contributed by atoms with Gasteiger partial charge in [0.2, 0.25) is 11.8 Å². The van der Waals surface area contributed by atoms with Gasteiger partial charge in [-0.05, 0) is 11.8 Å². The molecule has 6 rings (SSSR count). The van der Waals surface area contributed by atoms with Gasteiger partial charge in [-0.1, -0.05) is 25.3 Å². The normalized spacial score (nSPS) is 28.1. The lowest BCUT2D eigenvalue weighted by Gasteiger charge is -2.26. The molecule has 268 valence electrons. The molecule has 4 aromatic heterocycles. The number of aromatic nitrogens is 8. The molecular formula is C27H31F2N8O10P2S+. The quantitative estimate of drug-likeness (QED) is 0.124. The van der Waals surface area contributed by atoms with Crippen molar-refractivity contribution in [2.45, 2.75) is 49.2 Å². The van der Waals surface area contributed by atoms with Gasteiger partial charge in [0.1, 0.15) is 44.2 Å². The van der Waals surface area contributed by atoms with E-state index in [0.29, 0.717) is 0 Å². The number of aliphatic hydroxyl groups is 1. The first-order chi connectivity index (χ1) is 24.1. The predicted octanol–water partition coefficient (Wildman–Crippen LogP) is 2.64. The van der Waals surface area contributed by atoms with Crippen molar-refractivity contribution in [3.8, 4) is 11.8 Å². The highest BCUT2D eigenvalue weighted by Gasteiger charge is 2.53. The van der Waals surface area contributed by atoms with Crippen LogP contribution in [0.4, 0.5) is 8.78 Å². The summed E-state index contributed by atoms with van der Waals surface area (Å²) < 4.78 is 85.7. The summed E-state index contributed by atoms with van der Waals surface area (Å²) in [6.45, 7) is 4.34. The van der Waals surface area contributed by atoms with Crippen molar-refractivity contribution in [2.24, 2.45) is 0 Å². The minimum atomic E-state index is -3.41. The van der Waals surface area contributed by atoms with Gasteiger partial charge in [0.25, 0.3) is 0 Å². The maximum absolute atomic E-state index is 16.1. The van der Waals surface area contributed by atoms with E-state index in [1.54, 1.807) is 0 Å². The number of hydrogen-bond donors (Lipinski definition) is 2. The molecule has 0 amide bonds. The van der Waals surface area contributed by atoms with Crippen molar-refractivity contribution >= 4 is 48.9 Å². The highest BCUT2D eigenvalue weighted by molar-refractivity contribution is 8.09. The van der Waals surface area contributed by atoms with E-state index in [2.05, 4.69) is 43.1 Å². The molecule has 18 nitrogen and oxygen atoms in total. The summed E-state index contributed by atoms with van der Waals surface area (Å²) in [7, 11) is -3.27. The van der Waals surface area contributed by atoms with Crippen LogP contribution in [-0.2, 0) is 39.4 Å². The maximum atomic E-state index is 16.1. The minimum absolute atomic E-state index is 0.124. The van der Waals surface area contributed by atoms with Crippen molar-refractivity contribution in [3.05, 3.63) is 50.6 Å². The van der Waals surface area contributed by atoms with Crippen LogP contribution in [0.3, 0.4) is 0 Å². The molecule has 23 heteroatoms. The molecule has 4 aromatic rings. The van der Waals surface area contributed by atoms with Gasteiger partial charge in [0, 0.05) is 11.2 Å². The van der Waals surface area contributed by atoms with Crippen molar-refractivity contribution in [1.82, 2.24) is 39.0 Å². The molecular weight excluding hydrogens is 728 g/mol. The first-order valence-corrected chi connectivity index (χ1v) is 19.0. The van der Waals surface area contributed by atoms with Crippen LogP contribution in [0.25, 0.3) is 22.3 Å². The topological polar surface area (TPSA) is 209 Å². The van der Waals surface area contributed by atoms with Gasteiger partial charge >= 0.3 is 8.25 Å². The smallest absolute Gasteiger partial charge is 0.472 e. The zero-order chi connectivity index (χ0) is 35.6. The molecule has 10 atom stereocenters. The average Bonchev–Trinajstić information content (AvgIpc) is 3.86. The highest BCUT2D eigenvalue weighted by atomic mass is 32.5. The van der Waals surface area contributed by atoms with Gasteiger partial charge in [-0.15, -0.1) is 9.42 Å². The lowest BCUT2D eigenvalue weighted by atomic mass is 10.1. The minimum Gasteiger partial charge on any atom is -0.472 e. The predicted molar refractivity (Wildman–Crippen MR) is 172 cm³/mol. The molecule has 0 bridgehead atoms. The lowest BCUT2D eigenvalue weighted by molar-refractivity contribution is -0.0477. The Hall–Kier alpha value is -3.49. The number of rotatable bonds is 16. The summed E-state index contributed by atoms with van der Waals surface area (Å²) in [4.78, 5) is 34.4. The van der Waals surface area contributed by atoms with Crippen LogP contribution in [0.5, 0.6) is 11.8 Å². The number of imidazole rings is 2. The highest BCUT2D eigenvalue weighted by Crippen LogP contribution is 2.51. The first kappa shape index (κ1) is 36.3. The standard InChI is InChI=1S/C27H30F2N8O10P2S/c1-4-6-41-24-18-22(30-10-32-24)36(12-34-18)26-16(28)20(46-48(39)40)15(45-26)9-43-49(3,50)47-21-14(8-38)44-27(17(21)29)37-13-35-19-23(37)31-11-33-25(19)42-7-5-2/h4-5,10-17,20-21,26-27,38H,1-2,6-9H2,3H3/p+1/t14-,15-,16-,17-,20-,21-,26-,27-,49?/m1/s1. The van der Waals surface area contributed by atoms with Crippen molar-refractivity contribution in [1.29, 1.82) is 0 Å². The number of aliphatic hydroxyl groups excluding tert-OH is 1. The fraction of sp³-hybridized carbons (Fsp3) is 0.481. The van der Waals surface area contributed by atoms with Crippen molar-refractivity contribution in [2.75, 3.05) is 33.1 Å². The van der Waals surface area contributed by atoms with E-state index in [4.69, 9.17) is 44.3 Å². The van der Waals surface area contributed by atoms with Crippen molar-refractivity contribution < 1.29 is 55.9 Å². The number of halogens is 2. The average molecular weight is 760 g/mol. The third-order valence-electron chi connectivity index (χ3n) is 7.59. The summed E-state index contributed by atoms with van der Waals surface area (Å²) in [6.07, 6.45) is -4.15. The zero-order valence-electron chi connectivity index (χ0n) is 26.1. The van der Waals surface area contributed by atoms with Gasteiger partial charge in [0.05, 0.1) is 25.9 Å². The number of alkyl halides is 2. The Kier molecular flexibility index (Phi) is 11.2. The molecule has 0 spiro atoms. The van der Waals surface area contributed by atoms with E-state index in [-0.39, 0.29) is 47.3 Å².